The first-order valence-electron chi connectivity index (χ1n) is 14.0. The van der Waals surface area contributed by atoms with Crippen LogP contribution in [0.3, 0.4) is 0 Å². The van der Waals surface area contributed by atoms with Gasteiger partial charge in [-0.25, -0.2) is 17.2 Å². The summed E-state index contributed by atoms with van der Waals surface area (Å²) in [4.78, 5) is 33.8. The predicted octanol–water partition coefficient (Wildman–Crippen LogP) is 4.78. The Morgan fingerprint density at radius 2 is 1.76 bits per heavy atom. The van der Waals surface area contributed by atoms with Crippen LogP contribution in [0.5, 0.6) is 11.5 Å². The lowest BCUT2D eigenvalue weighted by Gasteiger charge is -2.24. The molecule has 242 valence electrons. The van der Waals surface area contributed by atoms with Crippen LogP contribution in [0, 0.1) is 11.6 Å². The van der Waals surface area contributed by atoms with Gasteiger partial charge in [0.1, 0.15) is 36.1 Å². The molecule has 1 aliphatic rings. The summed E-state index contributed by atoms with van der Waals surface area (Å²) in [6.45, 7) is -0.302. The molecular weight excluding hydrogens is 642 g/mol. The van der Waals surface area contributed by atoms with Gasteiger partial charge in [0.05, 0.1) is 29.6 Å². The van der Waals surface area contributed by atoms with Crippen LogP contribution in [-0.4, -0.2) is 76.1 Å². The Bertz CT molecular complexity index is 1970. The van der Waals surface area contributed by atoms with Gasteiger partial charge < -0.3 is 19.3 Å². The second kappa shape index (κ2) is 12.7. The number of carbonyl (C=O) groups is 2. The van der Waals surface area contributed by atoms with Crippen LogP contribution < -0.4 is 13.8 Å². The van der Waals surface area contributed by atoms with E-state index in [1.54, 1.807) is 51.5 Å². The highest BCUT2D eigenvalue weighted by Crippen LogP contribution is 2.45. The number of sulfonamides is 1. The van der Waals surface area contributed by atoms with E-state index in [1.807, 2.05) is 0 Å². The molecule has 0 atom stereocenters. The van der Waals surface area contributed by atoms with Gasteiger partial charge in [0.2, 0.25) is 15.9 Å². The Labute approximate surface area is 270 Å². The minimum absolute atomic E-state index is 0.0272. The van der Waals surface area contributed by atoms with Gasteiger partial charge in [-0.2, -0.15) is 0 Å². The number of amides is 2. The Morgan fingerprint density at radius 3 is 2.39 bits per heavy atom. The standard InChI is InChI=1S/C32H31ClF2N4O6S/c1-37(2)27(40)16-39-15-23-28(32(39)41)31(45-17-18-6-8-21(44-4)9-7-18)29-22(30(23)38(3)46(5,42)43)11-19(14-36-29)10-20-12-24(33)26(35)13-25(20)34/h6-9,11-14H,10,15-17H2,1-5H3. The molecule has 0 bridgehead atoms. The summed E-state index contributed by atoms with van der Waals surface area (Å²) in [5.41, 5.74) is 2.10. The number of carbonyl (C=O) groups excluding carboxylic acids is 2. The summed E-state index contributed by atoms with van der Waals surface area (Å²) < 4.78 is 67.0. The summed E-state index contributed by atoms with van der Waals surface area (Å²) in [6, 6.07) is 10.6. The van der Waals surface area contributed by atoms with Crippen molar-refractivity contribution < 1.29 is 36.3 Å². The number of likely N-dealkylation sites (N-methyl/N-ethyl adjacent to an activating group) is 1. The van der Waals surface area contributed by atoms with Gasteiger partial charge in [-0.05, 0) is 41.0 Å². The fourth-order valence-corrected chi connectivity index (χ4v) is 5.92. The second-order valence-electron chi connectivity index (χ2n) is 11.1. The van der Waals surface area contributed by atoms with Crippen molar-refractivity contribution in [3.05, 3.63) is 93.1 Å². The number of ether oxygens (including phenoxy) is 2. The summed E-state index contributed by atoms with van der Waals surface area (Å²) in [6.07, 6.45) is 2.43. The fourth-order valence-electron chi connectivity index (χ4n) is 5.20. The van der Waals surface area contributed by atoms with Crippen molar-refractivity contribution in [1.29, 1.82) is 0 Å². The summed E-state index contributed by atoms with van der Waals surface area (Å²) in [5.74, 6) is -1.79. The molecule has 46 heavy (non-hydrogen) atoms. The number of nitrogens with zero attached hydrogens (tertiary/aromatic N) is 4. The topological polar surface area (TPSA) is 109 Å². The maximum absolute atomic E-state index is 14.7. The maximum atomic E-state index is 14.7. The van der Waals surface area contributed by atoms with Crippen molar-refractivity contribution in [2.24, 2.45) is 0 Å². The largest absolute Gasteiger partial charge is 0.497 e. The van der Waals surface area contributed by atoms with Gasteiger partial charge in [0.25, 0.3) is 5.91 Å². The monoisotopic (exact) mass is 672 g/mol. The SMILES string of the molecule is COc1ccc(COc2c3c(c(N(C)S(C)(=O)=O)c4cc(Cc5cc(Cl)c(F)cc5F)cnc24)CN(CC(=O)N(C)C)C3=O)cc1. The van der Waals surface area contributed by atoms with Crippen molar-refractivity contribution >= 4 is 50.0 Å². The molecule has 14 heteroatoms. The molecule has 0 spiro atoms. The first kappa shape index (κ1) is 32.9. The zero-order chi connectivity index (χ0) is 33.5. The number of hydrogen-bond donors (Lipinski definition) is 0. The van der Waals surface area contributed by atoms with E-state index in [2.05, 4.69) is 4.98 Å². The Kier molecular flexibility index (Phi) is 9.09. The lowest BCUT2D eigenvalue weighted by Crippen LogP contribution is -2.36. The van der Waals surface area contributed by atoms with Crippen LogP contribution >= 0.6 is 11.6 Å². The Morgan fingerprint density at radius 1 is 1.07 bits per heavy atom. The average Bonchev–Trinajstić information content (AvgIpc) is 3.32. The number of halogens is 3. The third kappa shape index (κ3) is 6.42. The van der Waals surface area contributed by atoms with E-state index in [4.69, 9.17) is 21.1 Å². The molecule has 2 amide bonds. The van der Waals surface area contributed by atoms with E-state index in [0.717, 1.165) is 16.1 Å². The first-order chi connectivity index (χ1) is 21.7. The number of anilines is 1. The average molecular weight is 673 g/mol. The Hall–Kier alpha value is -4.49. The molecule has 0 fully saturated rings. The van der Waals surface area contributed by atoms with Crippen molar-refractivity contribution in [3.8, 4) is 11.5 Å². The van der Waals surface area contributed by atoms with Gasteiger partial charge in [0.15, 0.2) is 5.75 Å². The molecule has 10 nitrogen and oxygen atoms in total. The third-order valence-electron chi connectivity index (χ3n) is 7.74. The molecule has 0 saturated heterocycles. The van der Waals surface area contributed by atoms with Crippen molar-refractivity contribution in [1.82, 2.24) is 14.8 Å². The van der Waals surface area contributed by atoms with E-state index < -0.39 is 27.6 Å². The van der Waals surface area contributed by atoms with E-state index >= 15 is 0 Å². The van der Waals surface area contributed by atoms with Gasteiger partial charge in [-0.15, -0.1) is 0 Å². The normalized spacial score (nSPS) is 12.8. The van der Waals surface area contributed by atoms with Crippen LogP contribution in [0.4, 0.5) is 14.5 Å². The van der Waals surface area contributed by atoms with Crippen molar-refractivity contribution in [2.45, 2.75) is 19.6 Å². The van der Waals surface area contributed by atoms with Gasteiger partial charge in [-0.1, -0.05) is 23.7 Å². The molecule has 1 aromatic heterocycles. The van der Waals surface area contributed by atoms with E-state index in [9.17, 15) is 26.8 Å². The van der Waals surface area contributed by atoms with Gasteiger partial charge in [0, 0.05) is 57.3 Å². The van der Waals surface area contributed by atoms with Crippen molar-refractivity contribution in [2.75, 3.05) is 45.4 Å². The number of rotatable bonds is 10. The smallest absolute Gasteiger partial charge is 0.258 e. The summed E-state index contributed by atoms with van der Waals surface area (Å²) >= 11 is 5.92. The first-order valence-corrected chi connectivity index (χ1v) is 16.2. The summed E-state index contributed by atoms with van der Waals surface area (Å²) in [7, 11) is 2.16. The molecule has 0 unspecified atom stereocenters. The van der Waals surface area contributed by atoms with Crippen molar-refractivity contribution in [3.63, 3.8) is 0 Å². The highest BCUT2D eigenvalue weighted by molar-refractivity contribution is 7.92. The minimum Gasteiger partial charge on any atom is -0.497 e. The number of methoxy groups -OCH3 is 1. The fraction of sp³-hybridized carbons (Fsp3) is 0.281. The molecule has 3 aromatic carbocycles. The molecule has 2 heterocycles. The minimum atomic E-state index is -3.88. The van der Waals surface area contributed by atoms with Crippen LogP contribution in [0.15, 0.2) is 48.7 Å². The zero-order valence-corrected chi connectivity index (χ0v) is 27.3. The number of hydrogen-bond acceptors (Lipinski definition) is 7. The molecular formula is C32H31ClF2N4O6S. The molecule has 1 aliphatic heterocycles. The maximum Gasteiger partial charge on any atom is 0.258 e. The molecule has 0 aliphatic carbocycles. The lowest BCUT2D eigenvalue weighted by molar-refractivity contribution is -0.129. The second-order valence-corrected chi connectivity index (χ2v) is 13.5. The molecule has 0 N–H and O–H groups in total. The van der Waals surface area contributed by atoms with Crippen LogP contribution in [-0.2, 0) is 34.4 Å². The van der Waals surface area contributed by atoms with Crippen LogP contribution in [0.2, 0.25) is 5.02 Å². The molecule has 0 radical (unpaired) electrons. The Balaban J connectivity index is 1.71. The third-order valence-corrected chi connectivity index (χ3v) is 9.21. The van der Waals surface area contributed by atoms with E-state index in [-0.39, 0.29) is 65.1 Å². The lowest BCUT2D eigenvalue weighted by atomic mass is 9.98. The number of benzene rings is 3. The van der Waals surface area contributed by atoms with E-state index in [0.29, 0.717) is 28.3 Å². The highest BCUT2D eigenvalue weighted by Gasteiger charge is 2.39. The number of aromatic nitrogens is 1. The molecule has 0 saturated carbocycles. The van der Waals surface area contributed by atoms with Gasteiger partial charge >= 0.3 is 0 Å². The number of fused-ring (bicyclic) bond motifs is 2. The predicted molar refractivity (Wildman–Crippen MR) is 170 cm³/mol. The van der Waals surface area contributed by atoms with Crippen LogP contribution in [0.1, 0.15) is 32.6 Å². The highest BCUT2D eigenvalue weighted by atomic mass is 35.5. The molecule has 5 rings (SSSR count). The quantitative estimate of drug-likeness (QED) is 0.223. The van der Waals surface area contributed by atoms with Crippen LogP contribution in [0.25, 0.3) is 10.9 Å². The summed E-state index contributed by atoms with van der Waals surface area (Å²) in [5, 5.41) is 0.0664. The van der Waals surface area contributed by atoms with E-state index in [1.165, 1.54) is 29.1 Å². The van der Waals surface area contributed by atoms with Gasteiger partial charge in [-0.3, -0.25) is 18.9 Å². The molecule has 4 aromatic rings. The zero-order valence-electron chi connectivity index (χ0n) is 25.7. The number of pyridine rings is 1.